The van der Waals surface area contributed by atoms with E-state index in [4.69, 9.17) is 24.4 Å². The second kappa shape index (κ2) is 4.85. The molecule has 1 aliphatic rings. The molecule has 0 aromatic heterocycles. The summed E-state index contributed by atoms with van der Waals surface area (Å²) in [5.74, 6) is 0. The molecular weight excluding hydrogens is 171 g/mol. The summed E-state index contributed by atoms with van der Waals surface area (Å²) < 4.78 is 8.88. The van der Waals surface area contributed by atoms with Gasteiger partial charge in [0.15, 0.2) is 0 Å². The second-order valence-electron chi connectivity index (χ2n) is 2.45. The normalized spacial score (nSPS) is 19.3. The van der Waals surface area contributed by atoms with Gasteiger partial charge in [0, 0.05) is 0 Å². The molecule has 0 radical (unpaired) electrons. The predicted molar refractivity (Wildman–Crippen MR) is 38.7 cm³/mol. The van der Waals surface area contributed by atoms with Gasteiger partial charge in [-0.25, -0.2) is 4.57 Å². The number of phosphoric acid groups is 1. The lowest BCUT2D eigenvalue weighted by atomic mass is 10.3. The molecule has 0 aliphatic heterocycles. The lowest BCUT2D eigenvalue weighted by molar-refractivity contribution is 0.183. The molecule has 11 heavy (non-hydrogen) atoms. The Bertz CT molecular complexity index is 128. The molecule has 1 rings (SSSR count). The largest absolute Gasteiger partial charge is 0.466 e. The summed E-state index contributed by atoms with van der Waals surface area (Å²) in [6.45, 7) is 0. The molecule has 1 fully saturated rings. The van der Waals surface area contributed by atoms with E-state index in [1.807, 2.05) is 0 Å². The molecule has 1 saturated carbocycles. The zero-order valence-electron chi connectivity index (χ0n) is 6.05. The van der Waals surface area contributed by atoms with E-state index in [1.54, 1.807) is 0 Å². The molecule has 0 unspecified atom stereocenters. The van der Waals surface area contributed by atoms with E-state index in [0.29, 0.717) is 0 Å². The Labute approximate surface area is 64.9 Å². The average molecular weight is 184 g/mol. The van der Waals surface area contributed by atoms with Gasteiger partial charge in [0.2, 0.25) is 0 Å². The number of rotatable bonds is 0. The zero-order valence-corrected chi connectivity index (χ0v) is 6.94. The highest BCUT2D eigenvalue weighted by Gasteiger charge is 2.09. The Hall–Kier alpha value is 0.0700. The van der Waals surface area contributed by atoms with Crippen molar-refractivity contribution in [2.45, 2.75) is 31.8 Å². The van der Waals surface area contributed by atoms with Crippen molar-refractivity contribution in [1.29, 1.82) is 0 Å². The van der Waals surface area contributed by atoms with E-state index in [9.17, 15) is 0 Å². The SMILES string of the molecule is O=P(O)(O)O.OC1CCCC1. The van der Waals surface area contributed by atoms with E-state index in [0.717, 1.165) is 12.8 Å². The van der Waals surface area contributed by atoms with E-state index in [2.05, 4.69) is 0 Å². The monoisotopic (exact) mass is 184 g/mol. The van der Waals surface area contributed by atoms with E-state index >= 15 is 0 Å². The van der Waals surface area contributed by atoms with Gasteiger partial charge in [-0.3, -0.25) is 0 Å². The zero-order chi connectivity index (χ0) is 8.91. The predicted octanol–water partition coefficient (Wildman–Crippen LogP) is -0.00730. The first-order valence-corrected chi connectivity index (χ1v) is 4.92. The highest BCUT2D eigenvalue weighted by Crippen LogP contribution is 2.25. The smallest absolute Gasteiger partial charge is 0.393 e. The Morgan fingerprint density at radius 3 is 1.45 bits per heavy atom. The fourth-order valence-corrected chi connectivity index (χ4v) is 0.904. The Balaban J connectivity index is 0.000000187. The first-order valence-electron chi connectivity index (χ1n) is 3.36. The summed E-state index contributed by atoms with van der Waals surface area (Å²) in [6.07, 6.45) is 4.60. The van der Waals surface area contributed by atoms with Gasteiger partial charge in [-0.15, -0.1) is 0 Å². The van der Waals surface area contributed by atoms with Crippen molar-refractivity contribution >= 4 is 7.82 Å². The lowest BCUT2D eigenvalue weighted by Crippen LogP contribution is -1.94. The van der Waals surface area contributed by atoms with Gasteiger partial charge in [-0.1, -0.05) is 12.8 Å². The van der Waals surface area contributed by atoms with Crippen molar-refractivity contribution in [1.82, 2.24) is 0 Å². The van der Waals surface area contributed by atoms with Crippen LogP contribution in [-0.2, 0) is 4.57 Å². The van der Waals surface area contributed by atoms with Gasteiger partial charge in [-0.2, -0.15) is 0 Å². The first kappa shape index (κ1) is 11.1. The van der Waals surface area contributed by atoms with Crippen LogP contribution in [0.3, 0.4) is 0 Å². The van der Waals surface area contributed by atoms with Gasteiger partial charge >= 0.3 is 7.82 Å². The summed E-state index contributed by atoms with van der Waals surface area (Å²) in [4.78, 5) is 21.6. The van der Waals surface area contributed by atoms with Crippen LogP contribution in [0.15, 0.2) is 0 Å². The summed E-state index contributed by atoms with van der Waals surface area (Å²) in [7, 11) is -4.64. The maximum Gasteiger partial charge on any atom is 0.466 e. The quantitative estimate of drug-likeness (QED) is 0.397. The van der Waals surface area contributed by atoms with Crippen LogP contribution in [0.1, 0.15) is 25.7 Å². The molecule has 0 aromatic rings. The molecule has 5 nitrogen and oxygen atoms in total. The molecule has 1 aliphatic carbocycles. The van der Waals surface area contributed by atoms with E-state index < -0.39 is 7.82 Å². The van der Waals surface area contributed by atoms with Crippen molar-refractivity contribution in [3.05, 3.63) is 0 Å². The summed E-state index contributed by atoms with van der Waals surface area (Å²) in [5.41, 5.74) is 0. The molecule has 0 spiro atoms. The maximum atomic E-state index is 8.88. The molecular formula is C5H13O5P. The third-order valence-electron chi connectivity index (χ3n) is 1.32. The van der Waals surface area contributed by atoms with Crippen molar-refractivity contribution in [3.8, 4) is 0 Å². The molecule has 68 valence electrons. The van der Waals surface area contributed by atoms with Crippen LogP contribution >= 0.6 is 7.82 Å². The minimum absolute atomic E-state index is 0.0463. The molecule has 0 saturated heterocycles. The molecule has 0 heterocycles. The third kappa shape index (κ3) is 13.1. The van der Waals surface area contributed by atoms with Gasteiger partial charge in [0.1, 0.15) is 0 Å². The van der Waals surface area contributed by atoms with Crippen LogP contribution in [0, 0.1) is 0 Å². The maximum absolute atomic E-state index is 8.88. The highest BCUT2D eigenvalue weighted by atomic mass is 31.2. The van der Waals surface area contributed by atoms with Crippen molar-refractivity contribution < 1.29 is 24.4 Å². The van der Waals surface area contributed by atoms with Crippen LogP contribution < -0.4 is 0 Å². The number of aliphatic hydroxyl groups excluding tert-OH is 1. The van der Waals surface area contributed by atoms with Gasteiger partial charge in [0.25, 0.3) is 0 Å². The topological polar surface area (TPSA) is 98.0 Å². The summed E-state index contributed by atoms with van der Waals surface area (Å²) >= 11 is 0. The fraction of sp³-hybridized carbons (Fsp3) is 1.00. The van der Waals surface area contributed by atoms with Crippen molar-refractivity contribution in [3.63, 3.8) is 0 Å². The minimum Gasteiger partial charge on any atom is -0.393 e. The summed E-state index contributed by atoms with van der Waals surface area (Å²) in [5, 5.41) is 8.73. The highest BCUT2D eigenvalue weighted by molar-refractivity contribution is 7.45. The molecule has 0 atom stereocenters. The Morgan fingerprint density at radius 2 is 1.36 bits per heavy atom. The van der Waals surface area contributed by atoms with Gasteiger partial charge < -0.3 is 19.8 Å². The van der Waals surface area contributed by atoms with Crippen molar-refractivity contribution in [2.75, 3.05) is 0 Å². The Morgan fingerprint density at radius 1 is 1.09 bits per heavy atom. The van der Waals surface area contributed by atoms with Gasteiger partial charge in [0.05, 0.1) is 6.10 Å². The number of hydrogen-bond acceptors (Lipinski definition) is 2. The van der Waals surface area contributed by atoms with Crippen molar-refractivity contribution in [2.24, 2.45) is 0 Å². The Kier molecular flexibility index (Phi) is 4.88. The van der Waals surface area contributed by atoms with Crippen LogP contribution in [0.4, 0.5) is 0 Å². The van der Waals surface area contributed by atoms with Crippen LogP contribution in [0.25, 0.3) is 0 Å². The standard InChI is InChI=1S/C5H10O.H3O4P/c6-5-3-1-2-4-5;1-5(2,3)4/h5-6H,1-4H2;(H3,1,2,3,4). The molecule has 0 bridgehead atoms. The minimum atomic E-state index is -4.64. The third-order valence-corrected chi connectivity index (χ3v) is 1.32. The lowest BCUT2D eigenvalue weighted by Gasteiger charge is -1.91. The molecule has 4 N–H and O–H groups in total. The molecule has 0 amide bonds. The van der Waals surface area contributed by atoms with Crippen LogP contribution in [0.2, 0.25) is 0 Å². The van der Waals surface area contributed by atoms with E-state index in [1.165, 1.54) is 12.8 Å². The first-order chi connectivity index (χ1) is 4.89. The molecule has 6 heteroatoms. The second-order valence-corrected chi connectivity index (χ2v) is 3.48. The number of hydrogen-bond donors (Lipinski definition) is 4. The average Bonchev–Trinajstić information content (AvgIpc) is 2.12. The van der Waals surface area contributed by atoms with Crippen LogP contribution in [-0.4, -0.2) is 25.9 Å². The van der Waals surface area contributed by atoms with Gasteiger partial charge in [-0.05, 0) is 12.8 Å². The fourth-order valence-electron chi connectivity index (χ4n) is 0.904. The molecule has 0 aromatic carbocycles. The number of aliphatic hydroxyl groups is 1. The van der Waals surface area contributed by atoms with Crippen LogP contribution in [0.5, 0.6) is 0 Å². The van der Waals surface area contributed by atoms with E-state index in [-0.39, 0.29) is 6.10 Å². The summed E-state index contributed by atoms with van der Waals surface area (Å²) in [6, 6.07) is 0.